The van der Waals surface area contributed by atoms with Crippen molar-refractivity contribution in [3.63, 3.8) is 0 Å². The summed E-state index contributed by atoms with van der Waals surface area (Å²) in [6.45, 7) is 0. The van der Waals surface area contributed by atoms with E-state index in [9.17, 15) is 18.0 Å². The molecule has 0 spiro atoms. The van der Waals surface area contributed by atoms with Gasteiger partial charge in [0, 0.05) is 5.92 Å². The lowest BCUT2D eigenvalue weighted by atomic mass is 9.74. The topological polar surface area (TPSA) is 38.3 Å². The number of carbonyl (C=O) groups is 1. The maximum Gasteiger partial charge on any atom is 0.416 e. The van der Waals surface area contributed by atoms with E-state index in [0.29, 0.717) is 28.3 Å². The van der Waals surface area contributed by atoms with E-state index in [1.165, 1.54) is 19.2 Å². The van der Waals surface area contributed by atoms with Gasteiger partial charge in [-0.15, -0.1) is 0 Å². The molecule has 0 saturated heterocycles. The Labute approximate surface area is 165 Å². The Balaban J connectivity index is 1.89. The molecule has 28 heavy (non-hydrogen) atoms. The summed E-state index contributed by atoms with van der Waals surface area (Å²) in [6.07, 6.45) is 0.0203. The SMILES string of the molecule is COC(=O)c1ccc(Cl)c2c1[C@H]1C=CC[C@@H]1[C@H](c1ccccc1C(F)(F)F)N2. The van der Waals surface area contributed by atoms with Crippen molar-refractivity contribution in [1.29, 1.82) is 0 Å². The van der Waals surface area contributed by atoms with Crippen molar-refractivity contribution < 1.29 is 22.7 Å². The lowest BCUT2D eigenvalue weighted by Crippen LogP contribution is -2.32. The molecule has 7 heteroatoms. The van der Waals surface area contributed by atoms with E-state index < -0.39 is 23.8 Å². The molecule has 0 unspecified atom stereocenters. The molecule has 3 nitrogen and oxygen atoms in total. The quantitative estimate of drug-likeness (QED) is 0.492. The van der Waals surface area contributed by atoms with Gasteiger partial charge in [-0.1, -0.05) is 42.0 Å². The van der Waals surface area contributed by atoms with E-state index in [0.717, 1.165) is 6.07 Å². The van der Waals surface area contributed by atoms with Crippen molar-refractivity contribution in [1.82, 2.24) is 0 Å². The fourth-order valence-corrected chi connectivity index (χ4v) is 4.52. The van der Waals surface area contributed by atoms with Gasteiger partial charge in [0.05, 0.1) is 35.0 Å². The predicted molar refractivity (Wildman–Crippen MR) is 101 cm³/mol. The average Bonchev–Trinajstić information content (AvgIpc) is 3.16. The van der Waals surface area contributed by atoms with Crippen molar-refractivity contribution in [2.24, 2.45) is 5.92 Å². The zero-order valence-electron chi connectivity index (χ0n) is 14.9. The number of rotatable bonds is 2. The number of ether oxygens (including phenoxy) is 1. The molecule has 2 aromatic rings. The van der Waals surface area contributed by atoms with Gasteiger partial charge in [-0.05, 0) is 41.7 Å². The molecule has 1 aliphatic carbocycles. The average molecular weight is 408 g/mol. The van der Waals surface area contributed by atoms with Gasteiger partial charge >= 0.3 is 12.1 Å². The largest absolute Gasteiger partial charge is 0.465 e. The van der Waals surface area contributed by atoms with Gasteiger partial charge in [0.1, 0.15) is 0 Å². The molecule has 0 amide bonds. The third kappa shape index (κ3) is 2.96. The molecule has 1 heterocycles. The zero-order valence-corrected chi connectivity index (χ0v) is 15.6. The van der Waals surface area contributed by atoms with Gasteiger partial charge in [-0.25, -0.2) is 4.79 Å². The molecule has 1 N–H and O–H groups in total. The molecule has 1 aliphatic heterocycles. The number of esters is 1. The van der Waals surface area contributed by atoms with Crippen LogP contribution in [0, 0.1) is 5.92 Å². The molecule has 4 rings (SSSR count). The van der Waals surface area contributed by atoms with E-state index >= 15 is 0 Å². The summed E-state index contributed by atoms with van der Waals surface area (Å²) in [5, 5.41) is 3.56. The van der Waals surface area contributed by atoms with Gasteiger partial charge < -0.3 is 10.1 Å². The molecule has 0 bridgehead atoms. The number of halogens is 4. The second kappa shape index (κ2) is 6.85. The van der Waals surface area contributed by atoms with E-state index in [1.807, 2.05) is 12.2 Å². The zero-order chi connectivity index (χ0) is 20.1. The summed E-state index contributed by atoms with van der Waals surface area (Å²) in [7, 11) is 1.30. The van der Waals surface area contributed by atoms with Gasteiger partial charge in [0.25, 0.3) is 0 Å². The van der Waals surface area contributed by atoms with Crippen LogP contribution in [0.2, 0.25) is 5.02 Å². The number of fused-ring (bicyclic) bond motifs is 3. The van der Waals surface area contributed by atoms with Crippen molar-refractivity contribution in [3.05, 3.63) is 75.8 Å². The van der Waals surface area contributed by atoms with Gasteiger partial charge in [-0.2, -0.15) is 13.2 Å². The summed E-state index contributed by atoms with van der Waals surface area (Å²) < 4.78 is 45.7. The second-order valence-corrected chi connectivity index (χ2v) is 7.34. The summed E-state index contributed by atoms with van der Waals surface area (Å²) in [5.74, 6) is -0.892. The molecule has 146 valence electrons. The Hall–Kier alpha value is -2.47. The van der Waals surface area contributed by atoms with Crippen molar-refractivity contribution in [3.8, 4) is 0 Å². The third-order valence-electron chi connectivity index (χ3n) is 5.48. The van der Waals surface area contributed by atoms with Crippen LogP contribution in [0.1, 0.15) is 45.4 Å². The Kier molecular flexibility index (Phi) is 4.62. The monoisotopic (exact) mass is 407 g/mol. The summed E-state index contributed by atoms with van der Waals surface area (Å²) in [5.41, 5.74) is 1.05. The number of hydrogen-bond acceptors (Lipinski definition) is 3. The molecule has 0 saturated carbocycles. The molecule has 3 atom stereocenters. The van der Waals surface area contributed by atoms with Crippen molar-refractivity contribution in [2.45, 2.75) is 24.6 Å². The Bertz CT molecular complexity index is 971. The van der Waals surface area contributed by atoms with Crippen LogP contribution < -0.4 is 5.32 Å². The number of alkyl halides is 3. The van der Waals surface area contributed by atoms with Crippen LogP contribution in [0.5, 0.6) is 0 Å². The second-order valence-electron chi connectivity index (χ2n) is 6.94. The normalized spacial score (nSPS) is 23.0. The minimum absolute atomic E-state index is 0.169. The van der Waals surface area contributed by atoms with E-state index in [4.69, 9.17) is 16.3 Å². The lowest BCUT2D eigenvalue weighted by Gasteiger charge is -2.39. The number of anilines is 1. The van der Waals surface area contributed by atoms with Crippen LogP contribution in [0.15, 0.2) is 48.6 Å². The van der Waals surface area contributed by atoms with Gasteiger partial charge in [0.2, 0.25) is 0 Å². The lowest BCUT2D eigenvalue weighted by molar-refractivity contribution is -0.138. The predicted octanol–water partition coefficient (Wildman–Crippen LogP) is 5.97. The standard InChI is InChI=1S/C21H17ClF3NO2/c1-28-20(27)14-9-10-16(22)19-17(14)11-6-4-7-12(11)18(26-19)13-5-2-3-8-15(13)21(23,24)25/h2-6,8-12,18,26H,7H2,1H3/t11-,12-,18+/m0/s1. The van der Waals surface area contributed by atoms with E-state index in [2.05, 4.69) is 5.32 Å². The number of carbonyl (C=O) groups excluding carboxylic acids is 1. The van der Waals surface area contributed by atoms with Crippen LogP contribution in [0.25, 0.3) is 0 Å². The molecule has 2 aromatic carbocycles. The minimum Gasteiger partial charge on any atom is -0.465 e. The molecule has 0 aromatic heterocycles. The van der Waals surface area contributed by atoms with Crippen LogP contribution >= 0.6 is 11.6 Å². The molecule has 2 aliphatic rings. The first kappa shape index (κ1) is 18.9. The third-order valence-corrected chi connectivity index (χ3v) is 5.79. The number of nitrogens with one attached hydrogen (secondary N) is 1. The highest BCUT2D eigenvalue weighted by Gasteiger charge is 2.44. The highest BCUT2D eigenvalue weighted by molar-refractivity contribution is 6.33. The highest BCUT2D eigenvalue weighted by atomic mass is 35.5. The first-order valence-corrected chi connectivity index (χ1v) is 9.20. The maximum atomic E-state index is 13.6. The van der Waals surface area contributed by atoms with E-state index in [1.54, 1.807) is 18.2 Å². The molecular weight excluding hydrogens is 391 g/mol. The fraction of sp³-hybridized carbons (Fsp3) is 0.286. The summed E-state index contributed by atoms with van der Waals surface area (Å²) in [6, 6.07) is 8.15. The van der Waals surface area contributed by atoms with Crippen molar-refractivity contribution >= 4 is 23.3 Å². The van der Waals surface area contributed by atoms with E-state index in [-0.39, 0.29) is 17.4 Å². The highest BCUT2D eigenvalue weighted by Crippen LogP contribution is 2.54. The first-order valence-electron chi connectivity index (χ1n) is 8.83. The van der Waals surface area contributed by atoms with Crippen LogP contribution in [0.3, 0.4) is 0 Å². The van der Waals surface area contributed by atoms with Crippen LogP contribution in [-0.4, -0.2) is 13.1 Å². The summed E-state index contributed by atoms with van der Waals surface area (Å²) in [4.78, 5) is 12.3. The minimum atomic E-state index is -4.46. The Morgan fingerprint density at radius 3 is 2.68 bits per heavy atom. The fourth-order valence-electron chi connectivity index (χ4n) is 4.30. The molecule has 0 fully saturated rings. The van der Waals surface area contributed by atoms with Crippen LogP contribution in [0.4, 0.5) is 18.9 Å². The number of allylic oxidation sites excluding steroid dienone is 2. The number of hydrogen-bond donors (Lipinski definition) is 1. The molecular formula is C21H17ClF3NO2. The Morgan fingerprint density at radius 2 is 1.96 bits per heavy atom. The molecule has 0 radical (unpaired) electrons. The smallest absolute Gasteiger partial charge is 0.416 e. The van der Waals surface area contributed by atoms with Crippen molar-refractivity contribution in [2.75, 3.05) is 12.4 Å². The first-order chi connectivity index (χ1) is 13.3. The maximum absolute atomic E-state index is 13.6. The summed E-state index contributed by atoms with van der Waals surface area (Å²) >= 11 is 6.37. The Morgan fingerprint density at radius 1 is 1.21 bits per heavy atom. The van der Waals surface area contributed by atoms with Gasteiger partial charge in [-0.3, -0.25) is 0 Å². The van der Waals surface area contributed by atoms with Gasteiger partial charge in [0.15, 0.2) is 0 Å². The number of methoxy groups -OCH3 is 1. The number of benzene rings is 2. The van der Waals surface area contributed by atoms with Crippen LogP contribution in [-0.2, 0) is 10.9 Å².